The second-order valence-corrected chi connectivity index (χ2v) is 8.76. The molecule has 19 heavy (non-hydrogen) atoms. The Morgan fingerprint density at radius 1 is 1.26 bits per heavy atom. The SMILES string of the molecule is CCC(C)CC(O[Si](C)C)(C(=O)O)C(C)(C)C(C)C. The van der Waals surface area contributed by atoms with Crippen LogP contribution in [0.25, 0.3) is 0 Å². The highest BCUT2D eigenvalue weighted by molar-refractivity contribution is 6.48. The first-order valence-corrected chi connectivity index (χ1v) is 9.64. The maximum Gasteiger partial charge on any atom is 0.335 e. The van der Waals surface area contributed by atoms with E-state index in [2.05, 4.69) is 27.7 Å². The van der Waals surface area contributed by atoms with Crippen molar-refractivity contribution in [2.45, 2.75) is 73.1 Å². The molecule has 1 N–H and O–H groups in total. The molecule has 0 aromatic carbocycles. The van der Waals surface area contributed by atoms with Crippen LogP contribution < -0.4 is 0 Å². The molecular weight excluding hydrogens is 256 g/mol. The van der Waals surface area contributed by atoms with Crippen molar-refractivity contribution in [2.75, 3.05) is 0 Å². The summed E-state index contributed by atoms with van der Waals surface area (Å²) in [7, 11) is -1.08. The van der Waals surface area contributed by atoms with Crippen molar-refractivity contribution in [1.29, 1.82) is 0 Å². The van der Waals surface area contributed by atoms with Crippen LogP contribution in [-0.4, -0.2) is 25.7 Å². The zero-order valence-corrected chi connectivity index (χ0v) is 14.8. The van der Waals surface area contributed by atoms with Gasteiger partial charge in [0, 0.05) is 5.41 Å². The number of carboxylic acids is 1. The lowest BCUT2D eigenvalue weighted by Gasteiger charge is -2.48. The minimum absolute atomic E-state index is 0.244. The lowest BCUT2D eigenvalue weighted by atomic mass is 9.64. The fourth-order valence-electron chi connectivity index (χ4n) is 2.29. The Labute approximate surface area is 120 Å². The van der Waals surface area contributed by atoms with Crippen LogP contribution in [0.15, 0.2) is 0 Å². The van der Waals surface area contributed by atoms with Crippen LogP contribution in [0, 0.1) is 17.3 Å². The maximum absolute atomic E-state index is 12.1. The van der Waals surface area contributed by atoms with E-state index in [1.54, 1.807) is 0 Å². The fraction of sp³-hybridized carbons (Fsp3) is 0.933. The minimum Gasteiger partial charge on any atom is -0.479 e. The summed E-state index contributed by atoms with van der Waals surface area (Å²) in [5, 5.41) is 9.89. The highest BCUT2D eigenvalue weighted by Gasteiger charge is 2.54. The first kappa shape index (κ1) is 18.6. The molecule has 2 atom stereocenters. The van der Waals surface area contributed by atoms with Crippen LogP contribution in [0.2, 0.25) is 13.1 Å². The molecule has 0 aliphatic carbocycles. The molecular formula is C15H31O3Si. The van der Waals surface area contributed by atoms with Crippen molar-refractivity contribution in [1.82, 2.24) is 0 Å². The summed E-state index contributed by atoms with van der Waals surface area (Å²) in [5.74, 6) is -0.220. The molecule has 0 fully saturated rings. The molecule has 1 radical (unpaired) electrons. The van der Waals surface area contributed by atoms with Crippen molar-refractivity contribution in [3.63, 3.8) is 0 Å². The quantitative estimate of drug-likeness (QED) is 0.681. The molecule has 3 nitrogen and oxygen atoms in total. The van der Waals surface area contributed by atoms with E-state index >= 15 is 0 Å². The number of hydrogen-bond acceptors (Lipinski definition) is 2. The van der Waals surface area contributed by atoms with Gasteiger partial charge in [-0.3, -0.25) is 0 Å². The Morgan fingerprint density at radius 2 is 1.74 bits per heavy atom. The third-order valence-electron chi connectivity index (χ3n) is 4.54. The predicted molar refractivity (Wildman–Crippen MR) is 81.6 cm³/mol. The van der Waals surface area contributed by atoms with Gasteiger partial charge in [0.25, 0.3) is 0 Å². The highest BCUT2D eigenvalue weighted by atomic mass is 28.3. The van der Waals surface area contributed by atoms with Gasteiger partial charge in [-0.1, -0.05) is 48.0 Å². The van der Waals surface area contributed by atoms with Crippen LogP contribution in [0.5, 0.6) is 0 Å². The van der Waals surface area contributed by atoms with Gasteiger partial charge in [0.1, 0.15) is 0 Å². The molecule has 0 aliphatic heterocycles. The Balaban J connectivity index is 5.70. The molecule has 0 saturated heterocycles. The van der Waals surface area contributed by atoms with Gasteiger partial charge in [-0.05, 0) is 31.4 Å². The Bertz CT molecular complexity index is 300. The third kappa shape index (κ3) is 4.05. The molecule has 0 bridgehead atoms. The summed E-state index contributed by atoms with van der Waals surface area (Å²) in [6, 6.07) is 0. The average Bonchev–Trinajstić information content (AvgIpc) is 2.26. The van der Waals surface area contributed by atoms with Crippen LogP contribution in [0.3, 0.4) is 0 Å². The molecule has 113 valence electrons. The summed E-state index contributed by atoms with van der Waals surface area (Å²) in [5.41, 5.74) is -1.47. The monoisotopic (exact) mass is 287 g/mol. The van der Waals surface area contributed by atoms with Gasteiger partial charge < -0.3 is 9.53 Å². The zero-order valence-electron chi connectivity index (χ0n) is 13.8. The molecule has 4 heteroatoms. The molecule has 0 spiro atoms. The number of hydrogen-bond donors (Lipinski definition) is 1. The highest BCUT2D eigenvalue weighted by Crippen LogP contribution is 2.45. The van der Waals surface area contributed by atoms with Crippen molar-refractivity contribution >= 4 is 15.0 Å². The summed E-state index contributed by atoms with van der Waals surface area (Å²) in [4.78, 5) is 12.1. The number of carbonyl (C=O) groups is 1. The molecule has 2 unspecified atom stereocenters. The first-order valence-electron chi connectivity index (χ1n) is 7.23. The Hall–Kier alpha value is -0.353. The van der Waals surface area contributed by atoms with E-state index in [0.29, 0.717) is 12.3 Å². The number of carboxylic acid groups (broad SMARTS) is 1. The van der Waals surface area contributed by atoms with Crippen molar-refractivity contribution in [2.24, 2.45) is 17.3 Å². The summed E-state index contributed by atoms with van der Waals surface area (Å²) in [6.07, 6.45) is 1.56. The van der Waals surface area contributed by atoms with E-state index in [1.165, 1.54) is 0 Å². The lowest BCUT2D eigenvalue weighted by molar-refractivity contribution is -0.175. The molecule has 0 aliphatic rings. The number of rotatable bonds is 8. The summed E-state index contributed by atoms with van der Waals surface area (Å²) in [6.45, 7) is 16.4. The van der Waals surface area contributed by atoms with Gasteiger partial charge in [0.2, 0.25) is 9.04 Å². The van der Waals surface area contributed by atoms with Crippen LogP contribution >= 0.6 is 0 Å². The van der Waals surface area contributed by atoms with E-state index in [1.807, 2.05) is 26.9 Å². The Kier molecular flexibility index (Phi) is 6.76. The maximum atomic E-state index is 12.1. The van der Waals surface area contributed by atoms with Crippen molar-refractivity contribution in [3.8, 4) is 0 Å². The first-order chi connectivity index (χ1) is 8.51. The number of aliphatic carboxylic acids is 1. The van der Waals surface area contributed by atoms with E-state index in [9.17, 15) is 9.90 Å². The van der Waals surface area contributed by atoms with Gasteiger partial charge in [0.05, 0.1) is 0 Å². The van der Waals surface area contributed by atoms with Gasteiger partial charge in [-0.25, -0.2) is 4.79 Å². The van der Waals surface area contributed by atoms with Crippen molar-refractivity contribution in [3.05, 3.63) is 0 Å². The van der Waals surface area contributed by atoms with Gasteiger partial charge in [-0.15, -0.1) is 0 Å². The minimum atomic E-state index is -1.08. The van der Waals surface area contributed by atoms with Gasteiger partial charge in [0.15, 0.2) is 5.60 Å². The third-order valence-corrected chi connectivity index (χ3v) is 5.30. The molecule has 0 heterocycles. The fourth-order valence-corrected chi connectivity index (χ4v) is 3.42. The predicted octanol–water partition coefficient (Wildman–Crippen LogP) is 4.20. The van der Waals surface area contributed by atoms with Crippen LogP contribution in [0.1, 0.15) is 54.4 Å². The van der Waals surface area contributed by atoms with Crippen LogP contribution in [-0.2, 0) is 9.22 Å². The average molecular weight is 287 g/mol. The lowest BCUT2D eigenvalue weighted by Crippen LogP contribution is -2.58. The topological polar surface area (TPSA) is 46.5 Å². The van der Waals surface area contributed by atoms with Crippen LogP contribution in [0.4, 0.5) is 0 Å². The molecule has 0 rings (SSSR count). The summed E-state index contributed by atoms with van der Waals surface area (Å²) >= 11 is 0. The summed E-state index contributed by atoms with van der Waals surface area (Å²) < 4.78 is 6.10. The zero-order chi connectivity index (χ0) is 15.4. The van der Waals surface area contributed by atoms with Crippen molar-refractivity contribution < 1.29 is 14.3 Å². The molecule has 0 amide bonds. The van der Waals surface area contributed by atoms with Gasteiger partial charge >= 0.3 is 5.97 Å². The molecule has 0 aromatic rings. The van der Waals surface area contributed by atoms with E-state index in [4.69, 9.17) is 4.43 Å². The van der Waals surface area contributed by atoms with E-state index < -0.39 is 26.0 Å². The van der Waals surface area contributed by atoms with E-state index in [0.717, 1.165) is 6.42 Å². The normalized spacial score (nSPS) is 17.6. The second kappa shape index (κ2) is 6.89. The van der Waals surface area contributed by atoms with E-state index in [-0.39, 0.29) is 5.92 Å². The smallest absolute Gasteiger partial charge is 0.335 e. The molecule has 0 aromatic heterocycles. The largest absolute Gasteiger partial charge is 0.479 e. The Morgan fingerprint density at radius 3 is 2.00 bits per heavy atom. The standard InChI is InChI=1S/C15H31O3Si/c1-9-12(4)10-15(13(16)17,18-19(7)8)14(5,6)11(2)3/h11-12H,9-10H2,1-8H3,(H,16,17). The van der Waals surface area contributed by atoms with Gasteiger partial charge in [-0.2, -0.15) is 0 Å². The second-order valence-electron chi connectivity index (χ2n) is 6.74. The molecule has 0 saturated carbocycles.